The second kappa shape index (κ2) is 9.00. The molecule has 2 amide bonds. The number of carbonyl (C=O) groups excluding carboxylic acids is 2. The van der Waals surface area contributed by atoms with Crippen LogP contribution in [0.25, 0.3) is 0 Å². The summed E-state index contributed by atoms with van der Waals surface area (Å²) in [5, 5.41) is 14.0. The number of amides is 2. The first-order valence-corrected chi connectivity index (χ1v) is 9.29. The van der Waals surface area contributed by atoms with Crippen LogP contribution in [0.1, 0.15) is 15.9 Å². The average molecular weight is 381 g/mol. The summed E-state index contributed by atoms with van der Waals surface area (Å²) in [5.41, 5.74) is 2.09. The van der Waals surface area contributed by atoms with Crippen molar-refractivity contribution in [3.8, 4) is 0 Å². The van der Waals surface area contributed by atoms with E-state index >= 15 is 0 Å². The van der Waals surface area contributed by atoms with Crippen LogP contribution in [-0.4, -0.2) is 32.3 Å². The van der Waals surface area contributed by atoms with Crippen LogP contribution in [0.2, 0.25) is 0 Å². The van der Waals surface area contributed by atoms with Crippen LogP contribution in [0.4, 0.5) is 5.69 Å². The molecular formula is C19H19N5O2S. The molecule has 0 aliphatic heterocycles. The summed E-state index contributed by atoms with van der Waals surface area (Å²) in [5.74, 6) is -0.162. The summed E-state index contributed by atoms with van der Waals surface area (Å²) in [4.78, 5) is 24.4. The molecule has 0 saturated heterocycles. The first kappa shape index (κ1) is 18.7. The van der Waals surface area contributed by atoms with Crippen LogP contribution in [0.5, 0.6) is 0 Å². The predicted octanol–water partition coefficient (Wildman–Crippen LogP) is 2.48. The zero-order chi connectivity index (χ0) is 19.1. The lowest BCUT2D eigenvalue weighted by Gasteiger charge is -2.08. The molecule has 8 heteroatoms. The fraction of sp³-hybridized carbons (Fsp3) is 0.158. The maximum Gasteiger partial charge on any atom is 0.251 e. The van der Waals surface area contributed by atoms with Gasteiger partial charge in [-0.3, -0.25) is 9.59 Å². The average Bonchev–Trinajstić information content (AvgIpc) is 3.10. The number of benzene rings is 2. The van der Waals surface area contributed by atoms with Crippen LogP contribution in [0, 0.1) is 0 Å². The molecule has 2 aromatic carbocycles. The molecule has 0 unspecified atom stereocenters. The van der Waals surface area contributed by atoms with Gasteiger partial charge in [-0.15, -0.1) is 10.2 Å². The summed E-state index contributed by atoms with van der Waals surface area (Å²) < 4.78 is 1.75. The van der Waals surface area contributed by atoms with E-state index in [1.807, 2.05) is 37.4 Å². The van der Waals surface area contributed by atoms with Gasteiger partial charge in [0.1, 0.15) is 6.33 Å². The third kappa shape index (κ3) is 5.42. The first-order chi connectivity index (χ1) is 13.1. The maximum absolute atomic E-state index is 12.3. The Morgan fingerprint density at radius 2 is 1.93 bits per heavy atom. The molecule has 27 heavy (non-hydrogen) atoms. The van der Waals surface area contributed by atoms with Gasteiger partial charge in [0.15, 0.2) is 5.16 Å². The third-order valence-electron chi connectivity index (χ3n) is 3.71. The second-order valence-corrected chi connectivity index (χ2v) is 6.75. The molecule has 7 nitrogen and oxygen atoms in total. The molecule has 1 aromatic heterocycles. The van der Waals surface area contributed by atoms with Crippen molar-refractivity contribution in [2.75, 3.05) is 11.1 Å². The van der Waals surface area contributed by atoms with E-state index in [9.17, 15) is 9.59 Å². The van der Waals surface area contributed by atoms with Gasteiger partial charge in [-0.25, -0.2) is 0 Å². The lowest BCUT2D eigenvalue weighted by molar-refractivity contribution is -0.113. The number of nitrogens with zero attached hydrogens (tertiary/aromatic N) is 3. The van der Waals surface area contributed by atoms with Gasteiger partial charge in [0.2, 0.25) is 5.91 Å². The van der Waals surface area contributed by atoms with Crippen molar-refractivity contribution in [3.05, 3.63) is 72.1 Å². The van der Waals surface area contributed by atoms with Crippen molar-refractivity contribution >= 4 is 29.3 Å². The highest BCUT2D eigenvalue weighted by atomic mass is 32.2. The Kier molecular flexibility index (Phi) is 6.22. The van der Waals surface area contributed by atoms with E-state index in [0.29, 0.717) is 23.0 Å². The van der Waals surface area contributed by atoms with Crippen LogP contribution < -0.4 is 10.6 Å². The minimum Gasteiger partial charge on any atom is -0.348 e. The van der Waals surface area contributed by atoms with E-state index in [-0.39, 0.29) is 17.6 Å². The number of aromatic nitrogens is 3. The topological polar surface area (TPSA) is 88.9 Å². The SMILES string of the molecule is Cn1cnnc1SCC(=O)Nc1cccc(C(=O)NCc2ccccc2)c1. The van der Waals surface area contributed by atoms with Crippen LogP contribution in [0.15, 0.2) is 66.1 Å². The maximum atomic E-state index is 12.3. The summed E-state index contributed by atoms with van der Waals surface area (Å²) in [6, 6.07) is 16.5. The van der Waals surface area contributed by atoms with Crippen LogP contribution >= 0.6 is 11.8 Å². The van der Waals surface area contributed by atoms with Gasteiger partial charge >= 0.3 is 0 Å². The zero-order valence-electron chi connectivity index (χ0n) is 14.8. The lowest BCUT2D eigenvalue weighted by atomic mass is 10.1. The fourth-order valence-electron chi connectivity index (χ4n) is 2.35. The Hall–Kier alpha value is -3.13. The van der Waals surface area contributed by atoms with Crippen molar-refractivity contribution in [2.24, 2.45) is 7.05 Å². The van der Waals surface area contributed by atoms with Crippen molar-refractivity contribution in [1.82, 2.24) is 20.1 Å². The minimum absolute atomic E-state index is 0.176. The zero-order valence-corrected chi connectivity index (χ0v) is 15.6. The number of hydrogen-bond donors (Lipinski definition) is 2. The van der Waals surface area contributed by atoms with Crippen molar-refractivity contribution in [3.63, 3.8) is 0 Å². The Morgan fingerprint density at radius 1 is 1.11 bits per heavy atom. The summed E-state index contributed by atoms with van der Waals surface area (Å²) in [7, 11) is 1.82. The van der Waals surface area contributed by atoms with Crippen molar-refractivity contribution in [2.45, 2.75) is 11.7 Å². The third-order valence-corrected chi connectivity index (χ3v) is 4.74. The molecule has 138 valence electrons. The quantitative estimate of drug-likeness (QED) is 0.614. The number of thioether (sulfide) groups is 1. The molecule has 0 spiro atoms. The number of rotatable bonds is 7. The van der Waals surface area contributed by atoms with E-state index in [0.717, 1.165) is 5.56 Å². The van der Waals surface area contributed by atoms with Crippen molar-refractivity contribution in [1.29, 1.82) is 0 Å². The number of anilines is 1. The van der Waals surface area contributed by atoms with E-state index in [2.05, 4.69) is 20.8 Å². The Balaban J connectivity index is 1.54. The van der Waals surface area contributed by atoms with Gasteiger partial charge in [-0.05, 0) is 23.8 Å². The smallest absolute Gasteiger partial charge is 0.251 e. The molecule has 0 bridgehead atoms. The summed E-state index contributed by atoms with van der Waals surface area (Å²) in [6.45, 7) is 0.449. The first-order valence-electron chi connectivity index (χ1n) is 8.30. The second-order valence-electron chi connectivity index (χ2n) is 5.81. The molecule has 3 rings (SSSR count). The molecule has 3 aromatic rings. The lowest BCUT2D eigenvalue weighted by Crippen LogP contribution is -2.23. The Labute approximate surface area is 161 Å². The molecule has 2 N–H and O–H groups in total. The van der Waals surface area contributed by atoms with Gasteiger partial charge in [-0.2, -0.15) is 0 Å². The highest BCUT2D eigenvalue weighted by molar-refractivity contribution is 7.99. The molecular weight excluding hydrogens is 362 g/mol. The van der Waals surface area contributed by atoms with E-state index < -0.39 is 0 Å². The van der Waals surface area contributed by atoms with Gasteiger partial charge in [0.05, 0.1) is 5.75 Å². The molecule has 0 saturated carbocycles. The molecule has 1 heterocycles. The van der Waals surface area contributed by atoms with E-state index in [1.54, 1.807) is 35.2 Å². The van der Waals surface area contributed by atoms with Crippen LogP contribution in [-0.2, 0) is 18.4 Å². The number of nitrogens with one attached hydrogen (secondary N) is 2. The van der Waals surface area contributed by atoms with Gasteiger partial charge < -0.3 is 15.2 Å². The Morgan fingerprint density at radius 3 is 2.67 bits per heavy atom. The number of aryl methyl sites for hydroxylation is 1. The predicted molar refractivity (Wildman–Crippen MR) is 104 cm³/mol. The van der Waals surface area contributed by atoms with Crippen LogP contribution in [0.3, 0.4) is 0 Å². The summed E-state index contributed by atoms with van der Waals surface area (Å²) in [6.07, 6.45) is 1.58. The molecule has 0 aliphatic carbocycles. The number of carbonyl (C=O) groups is 2. The van der Waals surface area contributed by atoms with E-state index in [1.165, 1.54) is 11.8 Å². The van der Waals surface area contributed by atoms with Crippen molar-refractivity contribution < 1.29 is 9.59 Å². The monoisotopic (exact) mass is 381 g/mol. The molecule has 0 fully saturated rings. The summed E-state index contributed by atoms with van der Waals surface area (Å²) >= 11 is 1.30. The highest BCUT2D eigenvalue weighted by Crippen LogP contribution is 2.15. The van der Waals surface area contributed by atoms with E-state index in [4.69, 9.17) is 0 Å². The molecule has 0 atom stereocenters. The standard InChI is InChI=1S/C19H19N5O2S/c1-24-13-21-23-19(24)27-12-17(25)22-16-9-5-8-15(10-16)18(26)20-11-14-6-3-2-4-7-14/h2-10,13H,11-12H2,1H3,(H,20,26)(H,22,25). The molecule has 0 radical (unpaired) electrons. The largest absolute Gasteiger partial charge is 0.348 e. The minimum atomic E-state index is -0.191. The van der Waals surface area contributed by atoms with Gasteiger partial charge in [0, 0.05) is 24.8 Å². The molecule has 0 aliphatic rings. The van der Waals surface area contributed by atoms with Gasteiger partial charge in [0.25, 0.3) is 5.91 Å². The number of hydrogen-bond acceptors (Lipinski definition) is 5. The Bertz CT molecular complexity index is 927. The fourth-order valence-corrected chi connectivity index (χ4v) is 3.04. The van der Waals surface area contributed by atoms with Gasteiger partial charge in [-0.1, -0.05) is 48.2 Å². The highest BCUT2D eigenvalue weighted by Gasteiger charge is 2.10. The normalized spacial score (nSPS) is 10.4.